The van der Waals surface area contributed by atoms with Crippen molar-refractivity contribution in [1.82, 2.24) is 5.32 Å². The van der Waals surface area contributed by atoms with Crippen LogP contribution in [0.15, 0.2) is 66.7 Å². The lowest BCUT2D eigenvalue weighted by molar-refractivity contribution is -0.384. The maximum atomic E-state index is 13.8. The van der Waals surface area contributed by atoms with Gasteiger partial charge in [0.1, 0.15) is 11.5 Å². The van der Waals surface area contributed by atoms with Crippen LogP contribution in [0.1, 0.15) is 35.2 Å². The molecule has 0 aliphatic carbocycles. The van der Waals surface area contributed by atoms with Gasteiger partial charge in [-0.1, -0.05) is 55.5 Å². The molecule has 0 spiro atoms. The SMILES string of the molecule is CCc1ccc([C@@H](NCC(=O)Nc2c(C)cccc2[N+](=O)[O-])c2cccc(F)c2)cc1. The van der Waals surface area contributed by atoms with Crippen LogP contribution in [0.5, 0.6) is 0 Å². The third-order valence-electron chi connectivity index (χ3n) is 5.08. The Morgan fingerprint density at radius 2 is 1.77 bits per heavy atom. The number of carbonyl (C=O) groups is 1. The van der Waals surface area contributed by atoms with Gasteiger partial charge in [-0.15, -0.1) is 0 Å². The van der Waals surface area contributed by atoms with E-state index in [0.717, 1.165) is 12.0 Å². The van der Waals surface area contributed by atoms with Gasteiger partial charge in [-0.05, 0) is 47.7 Å². The summed E-state index contributed by atoms with van der Waals surface area (Å²) >= 11 is 0. The number of nitro groups is 1. The highest BCUT2D eigenvalue weighted by Crippen LogP contribution is 2.28. The normalized spacial score (nSPS) is 11.7. The molecule has 7 heteroatoms. The van der Waals surface area contributed by atoms with E-state index in [0.29, 0.717) is 11.1 Å². The van der Waals surface area contributed by atoms with Crippen molar-refractivity contribution < 1.29 is 14.1 Å². The number of nitrogens with zero attached hydrogens (tertiary/aromatic N) is 1. The van der Waals surface area contributed by atoms with Crippen LogP contribution >= 0.6 is 0 Å². The summed E-state index contributed by atoms with van der Waals surface area (Å²) in [5, 5.41) is 17.1. The van der Waals surface area contributed by atoms with E-state index in [1.165, 1.54) is 23.8 Å². The highest BCUT2D eigenvalue weighted by Gasteiger charge is 2.20. The number of aryl methyl sites for hydroxylation is 2. The van der Waals surface area contributed by atoms with Gasteiger partial charge in [0.05, 0.1) is 17.5 Å². The molecular formula is C24H24FN3O3. The second kappa shape index (κ2) is 9.95. The molecule has 0 fully saturated rings. The van der Waals surface area contributed by atoms with E-state index in [9.17, 15) is 19.3 Å². The molecule has 3 aromatic carbocycles. The zero-order valence-corrected chi connectivity index (χ0v) is 17.4. The maximum Gasteiger partial charge on any atom is 0.293 e. The van der Waals surface area contributed by atoms with Crippen LogP contribution in [0.3, 0.4) is 0 Å². The van der Waals surface area contributed by atoms with Crippen LogP contribution in [-0.4, -0.2) is 17.4 Å². The number of hydrogen-bond acceptors (Lipinski definition) is 4. The fraction of sp³-hybridized carbons (Fsp3) is 0.208. The van der Waals surface area contributed by atoms with Crippen LogP contribution in [0, 0.1) is 22.9 Å². The van der Waals surface area contributed by atoms with Gasteiger partial charge in [0.15, 0.2) is 0 Å². The van der Waals surface area contributed by atoms with Crippen LogP contribution in [0.25, 0.3) is 0 Å². The molecule has 160 valence electrons. The lowest BCUT2D eigenvalue weighted by Crippen LogP contribution is -2.32. The number of hydrogen-bond donors (Lipinski definition) is 2. The zero-order chi connectivity index (χ0) is 22.4. The quantitative estimate of drug-likeness (QED) is 0.399. The first-order valence-electron chi connectivity index (χ1n) is 10.0. The summed E-state index contributed by atoms with van der Waals surface area (Å²) in [5.41, 5.74) is 3.35. The Labute approximate surface area is 180 Å². The van der Waals surface area contributed by atoms with Gasteiger partial charge < -0.3 is 5.32 Å². The van der Waals surface area contributed by atoms with Crippen LogP contribution < -0.4 is 10.6 Å². The number of halogens is 1. The minimum absolute atomic E-state index is 0.109. The Morgan fingerprint density at radius 1 is 1.06 bits per heavy atom. The van der Waals surface area contributed by atoms with Crippen molar-refractivity contribution in [3.63, 3.8) is 0 Å². The van der Waals surface area contributed by atoms with E-state index < -0.39 is 16.9 Å². The fourth-order valence-electron chi connectivity index (χ4n) is 3.41. The van der Waals surface area contributed by atoms with Gasteiger partial charge >= 0.3 is 0 Å². The van der Waals surface area contributed by atoms with Crippen LogP contribution in [-0.2, 0) is 11.2 Å². The molecule has 0 bridgehead atoms. The summed E-state index contributed by atoms with van der Waals surface area (Å²) in [4.78, 5) is 23.4. The predicted molar refractivity (Wildman–Crippen MR) is 119 cm³/mol. The molecule has 0 aliphatic heterocycles. The van der Waals surface area contributed by atoms with Gasteiger partial charge in [-0.3, -0.25) is 20.2 Å². The Bertz CT molecular complexity index is 1080. The summed E-state index contributed by atoms with van der Waals surface area (Å²) in [7, 11) is 0. The smallest absolute Gasteiger partial charge is 0.293 e. The minimum atomic E-state index is -0.527. The third-order valence-corrected chi connectivity index (χ3v) is 5.08. The van der Waals surface area contributed by atoms with Crippen LogP contribution in [0.2, 0.25) is 0 Å². The topological polar surface area (TPSA) is 84.3 Å². The Morgan fingerprint density at radius 3 is 2.42 bits per heavy atom. The lowest BCUT2D eigenvalue weighted by Gasteiger charge is -2.20. The molecule has 0 heterocycles. The molecule has 1 atom stereocenters. The summed E-state index contributed by atoms with van der Waals surface area (Å²) in [6, 6.07) is 18.3. The van der Waals surface area contributed by atoms with Gasteiger partial charge in [-0.2, -0.15) is 0 Å². The number of nitro benzene ring substituents is 1. The number of rotatable bonds is 8. The van der Waals surface area contributed by atoms with Gasteiger partial charge in [0.2, 0.25) is 5.91 Å². The summed E-state index contributed by atoms with van der Waals surface area (Å²) < 4.78 is 13.8. The van der Waals surface area contributed by atoms with Crippen molar-refractivity contribution in [2.75, 3.05) is 11.9 Å². The molecule has 0 saturated heterocycles. The zero-order valence-electron chi connectivity index (χ0n) is 17.4. The summed E-state index contributed by atoms with van der Waals surface area (Å²) in [6.07, 6.45) is 0.899. The number of carbonyl (C=O) groups excluding carboxylic acids is 1. The Kier molecular flexibility index (Phi) is 7.10. The number of benzene rings is 3. The van der Waals surface area contributed by atoms with E-state index in [2.05, 4.69) is 17.6 Å². The molecule has 0 saturated carbocycles. The molecule has 31 heavy (non-hydrogen) atoms. The number of para-hydroxylation sites is 1. The Balaban J connectivity index is 1.81. The monoisotopic (exact) mass is 421 g/mol. The molecule has 0 aliphatic rings. The molecule has 0 unspecified atom stereocenters. The average Bonchev–Trinajstić information content (AvgIpc) is 2.75. The predicted octanol–water partition coefficient (Wildman–Crippen LogP) is 4.92. The molecular weight excluding hydrogens is 397 g/mol. The maximum absolute atomic E-state index is 13.8. The first-order valence-corrected chi connectivity index (χ1v) is 10.0. The van der Waals surface area contributed by atoms with Crippen molar-refractivity contribution in [2.45, 2.75) is 26.3 Å². The molecule has 6 nitrogen and oxygen atoms in total. The number of amides is 1. The van der Waals surface area contributed by atoms with Crippen molar-refractivity contribution >= 4 is 17.3 Å². The highest BCUT2D eigenvalue weighted by atomic mass is 19.1. The van der Waals surface area contributed by atoms with Gasteiger partial charge in [0.25, 0.3) is 5.69 Å². The summed E-state index contributed by atoms with van der Waals surface area (Å²) in [6.45, 7) is 3.65. The third kappa shape index (κ3) is 5.52. The molecule has 0 radical (unpaired) electrons. The van der Waals surface area contributed by atoms with Gasteiger partial charge in [-0.25, -0.2) is 4.39 Å². The standard InChI is InChI=1S/C24H24FN3O3/c1-3-17-10-12-18(13-11-17)24(19-7-5-8-20(25)14-19)26-15-22(29)27-23-16(2)6-4-9-21(23)28(30)31/h4-14,24,26H,3,15H2,1-2H3,(H,27,29)/t24-/m1/s1. The van der Waals surface area contributed by atoms with Crippen LogP contribution in [0.4, 0.5) is 15.8 Å². The largest absolute Gasteiger partial charge is 0.319 e. The molecule has 0 aromatic heterocycles. The van der Waals surface area contributed by atoms with E-state index in [1.807, 2.05) is 24.3 Å². The molecule has 1 amide bonds. The fourth-order valence-corrected chi connectivity index (χ4v) is 3.41. The first-order chi connectivity index (χ1) is 14.9. The van der Waals surface area contributed by atoms with Gasteiger partial charge in [0, 0.05) is 6.07 Å². The lowest BCUT2D eigenvalue weighted by atomic mass is 9.97. The number of nitrogens with one attached hydrogen (secondary N) is 2. The Hall–Kier alpha value is -3.58. The van der Waals surface area contributed by atoms with Crippen molar-refractivity contribution in [3.8, 4) is 0 Å². The second-order valence-electron chi connectivity index (χ2n) is 7.24. The highest BCUT2D eigenvalue weighted by molar-refractivity contribution is 5.95. The van der Waals surface area contributed by atoms with E-state index >= 15 is 0 Å². The average molecular weight is 421 g/mol. The van der Waals surface area contributed by atoms with Crippen molar-refractivity contribution in [3.05, 3.63) is 105 Å². The van der Waals surface area contributed by atoms with Crippen molar-refractivity contribution in [1.29, 1.82) is 0 Å². The first kappa shape index (κ1) is 22.1. The van der Waals surface area contributed by atoms with Crippen molar-refractivity contribution in [2.24, 2.45) is 0 Å². The molecule has 3 aromatic rings. The number of anilines is 1. The van der Waals surface area contributed by atoms with E-state index in [4.69, 9.17) is 0 Å². The molecule has 2 N–H and O–H groups in total. The van der Waals surface area contributed by atoms with E-state index in [1.54, 1.807) is 31.2 Å². The van der Waals surface area contributed by atoms with E-state index in [-0.39, 0.29) is 23.7 Å². The second-order valence-corrected chi connectivity index (χ2v) is 7.24. The molecule has 3 rings (SSSR count). The minimum Gasteiger partial charge on any atom is -0.319 e. The summed E-state index contributed by atoms with van der Waals surface area (Å²) in [5.74, 6) is -0.793.